The average Bonchev–Trinajstić information content (AvgIpc) is 1.88. The number of halogens is 3. The second-order valence-electron chi connectivity index (χ2n) is 1.59. The fourth-order valence-corrected chi connectivity index (χ4v) is 0.410. The maximum atomic E-state index is 10.6. The second-order valence-corrected chi connectivity index (χ2v) is 1.59. The van der Waals surface area contributed by atoms with Crippen molar-refractivity contribution in [3.8, 4) is 0 Å². The van der Waals surface area contributed by atoms with Crippen LogP contribution in [0.15, 0.2) is 12.3 Å². The Bertz CT molecular complexity index is 244. The second kappa shape index (κ2) is 16.4. The van der Waals surface area contributed by atoms with E-state index in [2.05, 4.69) is 16.1 Å². The molecule has 0 spiro atoms. The zero-order valence-electron chi connectivity index (χ0n) is 7.67. The molecule has 0 aliphatic heterocycles. The molecule has 0 rings (SSSR count). The summed E-state index contributed by atoms with van der Waals surface area (Å²) in [6.07, 6.45) is 0. The molecule has 0 aromatic heterocycles. The van der Waals surface area contributed by atoms with Gasteiger partial charge in [-0.3, -0.25) is 0 Å². The standard InChI is InChI=1S/C6H8N2O3.3ClH.Ti/c1-3-11-6(10)5(8-7)4(2)9;;;;/h9H,2-3H2,1H3;3*1H;/q;;;;+4/p-4. The minimum atomic E-state index is -0.963. The van der Waals surface area contributed by atoms with E-state index < -0.39 is 17.4 Å². The van der Waals surface area contributed by atoms with Crippen LogP contribution in [0.1, 0.15) is 6.92 Å². The van der Waals surface area contributed by atoms with Crippen molar-refractivity contribution < 1.29 is 78.4 Å². The molecule has 15 heavy (non-hydrogen) atoms. The molecule has 0 saturated carbocycles. The van der Waals surface area contributed by atoms with Gasteiger partial charge >= 0.3 is 33.4 Å². The third kappa shape index (κ3) is 11.9. The number of nitrogens with zero attached hydrogens (tertiary/aromatic N) is 2. The van der Waals surface area contributed by atoms with E-state index in [1.807, 2.05) is 0 Å². The summed E-state index contributed by atoms with van der Waals surface area (Å²) in [6, 6.07) is 0. The first-order valence-electron chi connectivity index (χ1n) is 2.89. The van der Waals surface area contributed by atoms with Crippen LogP contribution in [0, 0.1) is 0 Å². The van der Waals surface area contributed by atoms with Crippen molar-refractivity contribution in [2.24, 2.45) is 0 Å². The minimum Gasteiger partial charge on any atom is -1.00 e. The Morgan fingerprint density at radius 2 is 1.87 bits per heavy atom. The molecule has 0 aliphatic rings. The summed E-state index contributed by atoms with van der Waals surface area (Å²) in [5.74, 6) is -1.83. The van der Waals surface area contributed by atoms with Crippen LogP contribution in [0.5, 0.6) is 0 Å². The van der Waals surface area contributed by atoms with Crippen LogP contribution in [-0.2, 0) is 31.2 Å². The van der Waals surface area contributed by atoms with E-state index in [1.165, 1.54) is 0 Å². The predicted octanol–water partition coefficient (Wildman–Crippen LogP) is -9.90. The number of ether oxygens (including phenoxy) is 1. The van der Waals surface area contributed by atoms with Gasteiger partial charge in [-0.25, -0.2) is 4.79 Å². The number of esters is 1. The monoisotopic (exact) mass is 308 g/mol. The van der Waals surface area contributed by atoms with Crippen LogP contribution < -0.4 is 42.3 Å². The number of rotatable bonds is 3. The van der Waals surface area contributed by atoms with Crippen molar-refractivity contribution in [1.82, 2.24) is 0 Å². The molecule has 0 saturated heterocycles. The van der Waals surface area contributed by atoms with E-state index in [4.69, 9.17) is 5.53 Å². The van der Waals surface area contributed by atoms with Crippen molar-refractivity contribution in [2.45, 2.75) is 6.92 Å². The van der Waals surface area contributed by atoms with Gasteiger partial charge in [0.25, 0.3) is 0 Å². The van der Waals surface area contributed by atoms with Gasteiger partial charge in [0, 0.05) is 0 Å². The Morgan fingerprint density at radius 3 is 2.07 bits per heavy atom. The summed E-state index contributed by atoms with van der Waals surface area (Å²) in [5.41, 5.74) is 7.43. The van der Waals surface area contributed by atoms with Gasteiger partial charge in [0.2, 0.25) is 0 Å². The fraction of sp³-hybridized carbons (Fsp3) is 0.333. The molecule has 0 N–H and O–H groups in total. The predicted molar refractivity (Wildman–Crippen MR) is 34.4 cm³/mol. The first-order chi connectivity index (χ1) is 5.13. The Kier molecular flexibility index (Phi) is 32.1. The summed E-state index contributed by atoms with van der Waals surface area (Å²) in [4.78, 5) is 13.1. The maximum absolute atomic E-state index is 10.6. The molecule has 0 unspecified atom stereocenters. The molecule has 5 nitrogen and oxygen atoms in total. The van der Waals surface area contributed by atoms with Crippen molar-refractivity contribution in [3.63, 3.8) is 0 Å². The summed E-state index contributed by atoms with van der Waals surface area (Å²) in [5, 5.41) is 10.4. The zero-order chi connectivity index (χ0) is 8.85. The van der Waals surface area contributed by atoms with E-state index >= 15 is 0 Å². The average molecular weight is 309 g/mol. The molecule has 9 heteroatoms. The summed E-state index contributed by atoms with van der Waals surface area (Å²) in [6.45, 7) is 4.57. The van der Waals surface area contributed by atoms with E-state index in [-0.39, 0.29) is 65.5 Å². The molecule has 0 amide bonds. The van der Waals surface area contributed by atoms with Crippen molar-refractivity contribution in [1.29, 1.82) is 0 Å². The van der Waals surface area contributed by atoms with E-state index in [0.717, 1.165) is 0 Å². The molecule has 0 bridgehead atoms. The Labute approximate surface area is 121 Å². The third-order valence-electron chi connectivity index (χ3n) is 0.833. The van der Waals surface area contributed by atoms with Gasteiger partial charge in [-0.05, 0) is 12.7 Å². The van der Waals surface area contributed by atoms with Gasteiger partial charge < -0.3 is 52.6 Å². The first-order valence-corrected chi connectivity index (χ1v) is 2.89. The Morgan fingerprint density at radius 1 is 1.47 bits per heavy atom. The van der Waals surface area contributed by atoms with Crippen LogP contribution in [0.3, 0.4) is 0 Å². The van der Waals surface area contributed by atoms with Crippen molar-refractivity contribution in [3.05, 3.63) is 17.9 Å². The number of carbonyl (C=O) groups excluding carboxylic acids is 1. The topological polar surface area (TPSA) is 85.8 Å². The van der Waals surface area contributed by atoms with Gasteiger partial charge in [0.05, 0.1) is 6.61 Å². The van der Waals surface area contributed by atoms with Crippen molar-refractivity contribution in [2.75, 3.05) is 6.61 Å². The molecular weight excluding hydrogens is 302 g/mol. The molecule has 0 radical (unpaired) electrons. The first kappa shape index (κ1) is 29.4. The summed E-state index contributed by atoms with van der Waals surface area (Å²) < 4.78 is 4.37. The minimum absolute atomic E-state index is 0. The Balaban J connectivity index is -0.0000000833. The summed E-state index contributed by atoms with van der Waals surface area (Å²) in [7, 11) is 0. The molecule has 0 heterocycles. The van der Waals surface area contributed by atoms with Crippen LogP contribution >= 0.6 is 0 Å². The smallest absolute Gasteiger partial charge is 1.00 e. The van der Waals surface area contributed by atoms with Gasteiger partial charge in [0.15, 0.2) is 0 Å². The maximum Gasteiger partial charge on any atom is 4.00 e. The van der Waals surface area contributed by atoms with E-state index in [9.17, 15) is 9.90 Å². The van der Waals surface area contributed by atoms with Gasteiger partial charge in [0.1, 0.15) is 0 Å². The summed E-state index contributed by atoms with van der Waals surface area (Å²) >= 11 is 0. The van der Waals surface area contributed by atoms with E-state index in [0.29, 0.717) is 0 Å². The normalized spacial score (nSPS) is 5.93. The van der Waals surface area contributed by atoms with Crippen LogP contribution in [-0.4, -0.2) is 23.1 Å². The molecule has 0 atom stereocenters. The number of hydrogen-bond acceptors (Lipinski definition) is 3. The van der Waals surface area contributed by atoms with Crippen LogP contribution in [0.25, 0.3) is 5.53 Å². The van der Waals surface area contributed by atoms with Crippen LogP contribution in [0.2, 0.25) is 0 Å². The number of carbonyl (C=O) groups is 1. The van der Waals surface area contributed by atoms with Gasteiger partial charge in [-0.1, -0.05) is 6.58 Å². The molecule has 0 aromatic rings. The molecule has 84 valence electrons. The number of hydrogen-bond donors (Lipinski definition) is 0. The van der Waals surface area contributed by atoms with Gasteiger partial charge in [-0.2, -0.15) is 4.79 Å². The fourth-order valence-electron chi connectivity index (χ4n) is 0.410. The quantitative estimate of drug-likeness (QED) is 0.130. The molecule has 0 aromatic carbocycles. The van der Waals surface area contributed by atoms with Crippen LogP contribution in [0.4, 0.5) is 0 Å². The molecular formula is C6H7Cl3N2O3Ti. The van der Waals surface area contributed by atoms with Crippen molar-refractivity contribution >= 4 is 11.7 Å². The zero-order valence-corrected chi connectivity index (χ0v) is 11.5. The molecule has 0 fully saturated rings. The third-order valence-corrected chi connectivity index (χ3v) is 0.833. The molecule has 0 aliphatic carbocycles. The Hall–Kier alpha value is -0.0257. The van der Waals surface area contributed by atoms with E-state index in [1.54, 1.807) is 6.92 Å². The largest absolute Gasteiger partial charge is 4.00 e. The van der Waals surface area contributed by atoms with Gasteiger partial charge in [-0.15, -0.1) is 0 Å². The SMILES string of the molecule is C=C([O-])C(=[N+]=[N-])C(=O)OCC.[Cl-].[Cl-].[Cl-].[Ti+4].